The fraction of sp³-hybridized carbons (Fsp3) is 0.375. The standard InChI is InChI=1S/C16H18N2O/c1-18-15(9-10-17-18)7-8-16(19)14-6-5-12-3-2-4-13(12)11-14/h5-6,9-11H,2-4,7-8H2,1H3. The van der Waals surface area contributed by atoms with E-state index in [0.29, 0.717) is 6.42 Å². The average Bonchev–Trinajstić information content (AvgIpc) is 3.03. The van der Waals surface area contributed by atoms with Crippen molar-refractivity contribution >= 4 is 5.78 Å². The van der Waals surface area contributed by atoms with E-state index in [-0.39, 0.29) is 5.78 Å². The molecule has 0 radical (unpaired) electrons. The molecule has 0 bridgehead atoms. The van der Waals surface area contributed by atoms with Gasteiger partial charge in [0.05, 0.1) is 0 Å². The highest BCUT2D eigenvalue weighted by atomic mass is 16.1. The van der Waals surface area contributed by atoms with Crippen molar-refractivity contribution in [1.82, 2.24) is 9.78 Å². The van der Waals surface area contributed by atoms with Crippen LogP contribution in [0.2, 0.25) is 0 Å². The Morgan fingerprint density at radius 1 is 1.26 bits per heavy atom. The van der Waals surface area contributed by atoms with Crippen molar-refractivity contribution in [2.24, 2.45) is 7.05 Å². The van der Waals surface area contributed by atoms with Crippen molar-refractivity contribution in [1.29, 1.82) is 0 Å². The Bertz CT molecular complexity index is 613. The summed E-state index contributed by atoms with van der Waals surface area (Å²) < 4.78 is 1.83. The van der Waals surface area contributed by atoms with E-state index in [0.717, 1.165) is 24.1 Å². The summed E-state index contributed by atoms with van der Waals surface area (Å²) in [6.07, 6.45) is 6.60. The SMILES string of the molecule is Cn1nccc1CCC(=O)c1ccc2c(c1)CCC2. The number of benzene rings is 1. The molecule has 1 aromatic heterocycles. The van der Waals surface area contributed by atoms with Gasteiger partial charge in [-0.1, -0.05) is 12.1 Å². The van der Waals surface area contributed by atoms with Gasteiger partial charge in [0, 0.05) is 30.9 Å². The van der Waals surface area contributed by atoms with Gasteiger partial charge >= 0.3 is 0 Å². The number of nitrogens with zero attached hydrogens (tertiary/aromatic N) is 2. The Labute approximate surface area is 113 Å². The molecular weight excluding hydrogens is 236 g/mol. The predicted molar refractivity (Wildman–Crippen MR) is 74.3 cm³/mol. The van der Waals surface area contributed by atoms with Crippen LogP contribution in [-0.4, -0.2) is 15.6 Å². The number of rotatable bonds is 4. The van der Waals surface area contributed by atoms with E-state index in [1.54, 1.807) is 6.20 Å². The van der Waals surface area contributed by atoms with Gasteiger partial charge in [-0.25, -0.2) is 0 Å². The predicted octanol–water partition coefficient (Wildman–Crippen LogP) is 2.72. The largest absolute Gasteiger partial charge is 0.294 e. The van der Waals surface area contributed by atoms with Crippen molar-refractivity contribution in [2.75, 3.05) is 0 Å². The van der Waals surface area contributed by atoms with Crippen molar-refractivity contribution in [3.63, 3.8) is 0 Å². The van der Waals surface area contributed by atoms with Gasteiger partial charge in [-0.15, -0.1) is 0 Å². The zero-order valence-corrected chi connectivity index (χ0v) is 11.2. The number of ketones is 1. The summed E-state index contributed by atoms with van der Waals surface area (Å²) in [5, 5.41) is 4.12. The maximum atomic E-state index is 12.2. The van der Waals surface area contributed by atoms with Crippen molar-refractivity contribution in [3.8, 4) is 0 Å². The molecule has 98 valence electrons. The zero-order chi connectivity index (χ0) is 13.2. The number of carbonyl (C=O) groups excluding carboxylic acids is 1. The Morgan fingerprint density at radius 3 is 2.89 bits per heavy atom. The van der Waals surface area contributed by atoms with Crippen molar-refractivity contribution < 1.29 is 4.79 Å². The van der Waals surface area contributed by atoms with Gasteiger partial charge in [0.25, 0.3) is 0 Å². The van der Waals surface area contributed by atoms with Crippen LogP contribution in [0.5, 0.6) is 0 Å². The first kappa shape index (κ1) is 12.2. The smallest absolute Gasteiger partial charge is 0.163 e. The number of hydrogen-bond acceptors (Lipinski definition) is 2. The number of hydrogen-bond donors (Lipinski definition) is 0. The molecule has 1 heterocycles. The Hall–Kier alpha value is -1.90. The minimum Gasteiger partial charge on any atom is -0.294 e. The number of aromatic nitrogens is 2. The van der Waals surface area contributed by atoms with E-state index in [4.69, 9.17) is 0 Å². The lowest BCUT2D eigenvalue weighted by molar-refractivity contribution is 0.0982. The topological polar surface area (TPSA) is 34.9 Å². The third kappa shape index (κ3) is 2.46. The van der Waals surface area contributed by atoms with Crippen LogP contribution in [-0.2, 0) is 26.3 Å². The molecule has 0 unspecified atom stereocenters. The molecule has 1 aromatic carbocycles. The van der Waals surface area contributed by atoms with E-state index < -0.39 is 0 Å². The minimum absolute atomic E-state index is 0.232. The molecule has 0 aliphatic heterocycles. The summed E-state index contributed by atoms with van der Waals surface area (Å²) in [5.74, 6) is 0.232. The van der Waals surface area contributed by atoms with Crippen LogP contribution in [0, 0.1) is 0 Å². The highest BCUT2D eigenvalue weighted by Gasteiger charge is 2.14. The van der Waals surface area contributed by atoms with Gasteiger partial charge in [0.1, 0.15) is 0 Å². The lowest BCUT2D eigenvalue weighted by Crippen LogP contribution is -2.05. The molecule has 0 saturated carbocycles. The van der Waals surface area contributed by atoms with Gasteiger partial charge in [-0.3, -0.25) is 9.48 Å². The van der Waals surface area contributed by atoms with Crippen LogP contribution in [0.1, 0.15) is 40.0 Å². The number of Topliss-reactive ketones (excluding diaryl/α,β-unsaturated/α-hetero) is 1. The second-order valence-corrected chi connectivity index (χ2v) is 5.21. The van der Waals surface area contributed by atoms with Gasteiger partial charge in [0.15, 0.2) is 5.78 Å². The molecule has 0 spiro atoms. The molecule has 0 fully saturated rings. The first-order valence-electron chi connectivity index (χ1n) is 6.86. The zero-order valence-electron chi connectivity index (χ0n) is 11.2. The fourth-order valence-corrected chi connectivity index (χ4v) is 2.78. The number of fused-ring (bicyclic) bond motifs is 1. The minimum atomic E-state index is 0.232. The molecule has 19 heavy (non-hydrogen) atoms. The number of carbonyl (C=O) groups is 1. The third-order valence-electron chi connectivity index (χ3n) is 3.95. The maximum Gasteiger partial charge on any atom is 0.163 e. The van der Waals surface area contributed by atoms with E-state index >= 15 is 0 Å². The van der Waals surface area contributed by atoms with Crippen LogP contribution < -0.4 is 0 Å². The second-order valence-electron chi connectivity index (χ2n) is 5.21. The number of aryl methyl sites for hydroxylation is 4. The highest BCUT2D eigenvalue weighted by Crippen LogP contribution is 2.23. The Kier molecular flexibility index (Phi) is 3.20. The molecule has 0 saturated heterocycles. The van der Waals surface area contributed by atoms with Crippen LogP contribution in [0.25, 0.3) is 0 Å². The summed E-state index contributed by atoms with van der Waals surface area (Å²) in [7, 11) is 1.91. The van der Waals surface area contributed by atoms with Gasteiger partial charge < -0.3 is 0 Å². The van der Waals surface area contributed by atoms with Gasteiger partial charge in [-0.05, 0) is 48.9 Å². The second kappa shape index (κ2) is 5.00. The van der Waals surface area contributed by atoms with Gasteiger partial charge in [-0.2, -0.15) is 5.10 Å². The molecule has 3 nitrogen and oxygen atoms in total. The van der Waals surface area contributed by atoms with Crippen LogP contribution in [0.4, 0.5) is 0 Å². The lowest BCUT2D eigenvalue weighted by Gasteiger charge is -2.05. The molecule has 1 aliphatic rings. The van der Waals surface area contributed by atoms with Crippen molar-refractivity contribution in [3.05, 3.63) is 52.8 Å². The molecule has 3 heteroatoms. The average molecular weight is 254 g/mol. The molecule has 3 rings (SSSR count). The van der Waals surface area contributed by atoms with Crippen molar-refractivity contribution in [2.45, 2.75) is 32.1 Å². The van der Waals surface area contributed by atoms with Crippen LogP contribution >= 0.6 is 0 Å². The Morgan fingerprint density at radius 2 is 2.11 bits per heavy atom. The third-order valence-corrected chi connectivity index (χ3v) is 3.95. The van der Waals surface area contributed by atoms with E-state index in [9.17, 15) is 4.79 Å². The van der Waals surface area contributed by atoms with Gasteiger partial charge in [0.2, 0.25) is 0 Å². The lowest BCUT2D eigenvalue weighted by atomic mass is 10.0. The molecular formula is C16H18N2O. The summed E-state index contributed by atoms with van der Waals surface area (Å²) in [4.78, 5) is 12.2. The van der Waals surface area contributed by atoms with E-state index in [1.807, 2.05) is 23.9 Å². The van der Waals surface area contributed by atoms with Crippen LogP contribution in [0.15, 0.2) is 30.5 Å². The summed E-state index contributed by atoms with van der Waals surface area (Å²) >= 11 is 0. The normalized spacial score (nSPS) is 13.5. The quantitative estimate of drug-likeness (QED) is 0.786. The van der Waals surface area contributed by atoms with E-state index in [1.165, 1.54) is 24.0 Å². The molecule has 1 aliphatic carbocycles. The summed E-state index contributed by atoms with van der Waals surface area (Å²) in [6, 6.07) is 8.17. The van der Waals surface area contributed by atoms with Crippen LogP contribution in [0.3, 0.4) is 0 Å². The highest BCUT2D eigenvalue weighted by molar-refractivity contribution is 5.96. The Balaban J connectivity index is 1.69. The summed E-state index contributed by atoms with van der Waals surface area (Å²) in [6.45, 7) is 0. The summed E-state index contributed by atoms with van der Waals surface area (Å²) in [5.41, 5.74) is 4.76. The maximum absolute atomic E-state index is 12.2. The molecule has 0 amide bonds. The van der Waals surface area contributed by atoms with E-state index in [2.05, 4.69) is 17.2 Å². The molecule has 0 atom stereocenters. The molecule has 2 aromatic rings. The molecule has 0 N–H and O–H groups in total. The fourth-order valence-electron chi connectivity index (χ4n) is 2.78. The first-order chi connectivity index (χ1) is 9.24. The monoisotopic (exact) mass is 254 g/mol. The first-order valence-corrected chi connectivity index (χ1v) is 6.86.